The van der Waals surface area contributed by atoms with Gasteiger partial charge in [0.05, 0.1) is 5.69 Å². The minimum absolute atomic E-state index is 0.883. The van der Waals surface area contributed by atoms with Gasteiger partial charge in [0.15, 0.2) is 0 Å². The third-order valence-electron chi connectivity index (χ3n) is 10.5. The van der Waals surface area contributed by atoms with Crippen molar-refractivity contribution in [1.29, 1.82) is 0 Å². The minimum atomic E-state index is 0.883. The highest BCUT2D eigenvalue weighted by Crippen LogP contribution is 2.44. The number of hydrogen-bond donors (Lipinski definition) is 0. The second-order valence-electron chi connectivity index (χ2n) is 13.7. The van der Waals surface area contributed by atoms with Crippen molar-refractivity contribution in [3.05, 3.63) is 212 Å². The van der Waals surface area contributed by atoms with Gasteiger partial charge in [0.25, 0.3) is 0 Å². The van der Waals surface area contributed by atoms with Crippen LogP contribution < -0.4 is 4.90 Å². The molecule has 0 N–H and O–H groups in total. The zero-order chi connectivity index (χ0) is 35.8. The van der Waals surface area contributed by atoms with Gasteiger partial charge in [0.1, 0.15) is 11.3 Å². The Hall–Kier alpha value is -7.16. The van der Waals surface area contributed by atoms with Gasteiger partial charge in [-0.15, -0.1) is 0 Å². The maximum Gasteiger partial charge on any atom is 0.143 e. The molecule has 254 valence electrons. The molecule has 0 bridgehead atoms. The Labute approximate surface area is 314 Å². The van der Waals surface area contributed by atoms with Crippen LogP contribution in [0.4, 0.5) is 17.1 Å². The first kappa shape index (κ1) is 31.6. The van der Waals surface area contributed by atoms with E-state index in [1.54, 1.807) is 0 Å². The first-order valence-corrected chi connectivity index (χ1v) is 18.4. The molecule has 10 aromatic rings. The number of fused-ring (bicyclic) bond motifs is 4. The van der Waals surface area contributed by atoms with Crippen molar-refractivity contribution in [1.82, 2.24) is 0 Å². The highest BCUT2D eigenvalue weighted by atomic mass is 16.3. The number of benzene rings is 9. The van der Waals surface area contributed by atoms with Crippen molar-refractivity contribution in [2.45, 2.75) is 0 Å². The number of nitrogens with zero attached hydrogens (tertiary/aromatic N) is 1. The van der Waals surface area contributed by atoms with E-state index in [2.05, 4.69) is 205 Å². The van der Waals surface area contributed by atoms with Crippen molar-refractivity contribution in [3.63, 3.8) is 0 Å². The average Bonchev–Trinajstić information content (AvgIpc) is 3.65. The second-order valence-corrected chi connectivity index (χ2v) is 13.7. The molecule has 54 heavy (non-hydrogen) atoms. The minimum Gasteiger partial charge on any atom is -0.455 e. The molecule has 0 amide bonds. The maximum atomic E-state index is 6.57. The molecule has 1 aromatic heterocycles. The third kappa shape index (κ3) is 5.62. The summed E-state index contributed by atoms with van der Waals surface area (Å²) in [6, 6.07) is 75.7. The first-order valence-electron chi connectivity index (χ1n) is 18.4. The molecule has 0 saturated carbocycles. The predicted octanol–water partition coefficient (Wildman–Crippen LogP) is 14.9. The highest BCUT2D eigenvalue weighted by molar-refractivity contribution is 6.14. The SMILES string of the molecule is c1ccc(-c2ccc(N(c3ccc(-c4cccc(-c5oc6ccccc6c5-c5ccccc5)c4)cc3)c3cc4ccccc4c4ccccc34)cc2)cc1. The summed E-state index contributed by atoms with van der Waals surface area (Å²) in [6.07, 6.45) is 0. The molecule has 1 heterocycles. The van der Waals surface area contributed by atoms with Crippen LogP contribution in [0.5, 0.6) is 0 Å². The predicted molar refractivity (Wildman–Crippen MR) is 228 cm³/mol. The summed E-state index contributed by atoms with van der Waals surface area (Å²) in [7, 11) is 0. The lowest BCUT2D eigenvalue weighted by Crippen LogP contribution is -2.10. The van der Waals surface area contributed by atoms with Gasteiger partial charge in [-0.3, -0.25) is 0 Å². The monoisotopic (exact) mass is 689 g/mol. The lowest BCUT2D eigenvalue weighted by molar-refractivity contribution is 0.632. The average molecular weight is 690 g/mol. The Morgan fingerprint density at radius 3 is 1.52 bits per heavy atom. The first-order chi connectivity index (χ1) is 26.8. The van der Waals surface area contributed by atoms with E-state index in [4.69, 9.17) is 4.42 Å². The summed E-state index contributed by atoms with van der Waals surface area (Å²) in [6.45, 7) is 0. The second kappa shape index (κ2) is 13.4. The maximum absolute atomic E-state index is 6.57. The smallest absolute Gasteiger partial charge is 0.143 e. The summed E-state index contributed by atoms with van der Waals surface area (Å²) in [4.78, 5) is 2.39. The van der Waals surface area contributed by atoms with Crippen LogP contribution in [0, 0.1) is 0 Å². The number of rotatable bonds is 7. The topological polar surface area (TPSA) is 16.4 Å². The molecule has 9 aromatic carbocycles. The van der Waals surface area contributed by atoms with Crippen molar-refractivity contribution < 1.29 is 4.42 Å². The molecule has 0 saturated heterocycles. The molecule has 0 radical (unpaired) electrons. The quantitative estimate of drug-likeness (QED) is 0.155. The molecule has 0 aliphatic heterocycles. The van der Waals surface area contributed by atoms with Gasteiger partial charge in [-0.25, -0.2) is 0 Å². The van der Waals surface area contributed by atoms with E-state index in [9.17, 15) is 0 Å². The highest BCUT2D eigenvalue weighted by Gasteiger charge is 2.20. The Kier molecular flexibility index (Phi) is 7.85. The number of hydrogen-bond acceptors (Lipinski definition) is 2. The van der Waals surface area contributed by atoms with E-state index in [0.29, 0.717) is 0 Å². The third-order valence-corrected chi connectivity index (χ3v) is 10.5. The van der Waals surface area contributed by atoms with Crippen LogP contribution in [-0.4, -0.2) is 0 Å². The summed E-state index contributed by atoms with van der Waals surface area (Å²) < 4.78 is 6.57. The summed E-state index contributed by atoms with van der Waals surface area (Å²) >= 11 is 0. The molecule has 10 rings (SSSR count). The van der Waals surface area contributed by atoms with Crippen LogP contribution in [0.2, 0.25) is 0 Å². The van der Waals surface area contributed by atoms with Gasteiger partial charge in [-0.1, -0.05) is 170 Å². The Balaban J connectivity index is 1.08. The lowest BCUT2D eigenvalue weighted by atomic mass is 9.96. The van der Waals surface area contributed by atoms with Gasteiger partial charge in [0.2, 0.25) is 0 Å². The van der Waals surface area contributed by atoms with E-state index >= 15 is 0 Å². The molecular weight excluding hydrogens is 655 g/mol. The summed E-state index contributed by atoms with van der Waals surface area (Å²) in [5.74, 6) is 0.883. The molecule has 0 fully saturated rings. The molecule has 2 heteroatoms. The zero-order valence-corrected chi connectivity index (χ0v) is 29.6. The Morgan fingerprint density at radius 2 is 0.815 bits per heavy atom. The van der Waals surface area contributed by atoms with E-state index in [1.165, 1.54) is 32.7 Å². The van der Waals surface area contributed by atoms with Gasteiger partial charge < -0.3 is 9.32 Å². The van der Waals surface area contributed by atoms with Crippen LogP contribution in [0.3, 0.4) is 0 Å². The lowest BCUT2D eigenvalue weighted by Gasteiger charge is -2.28. The zero-order valence-electron chi connectivity index (χ0n) is 29.6. The fourth-order valence-electron chi connectivity index (χ4n) is 7.86. The van der Waals surface area contributed by atoms with Gasteiger partial charge in [-0.05, 0) is 86.4 Å². The van der Waals surface area contributed by atoms with E-state index in [-0.39, 0.29) is 0 Å². The number of para-hydroxylation sites is 1. The summed E-state index contributed by atoms with van der Waals surface area (Å²) in [5.41, 5.74) is 12.2. The summed E-state index contributed by atoms with van der Waals surface area (Å²) in [5, 5.41) is 6.04. The molecule has 0 atom stereocenters. The standard InChI is InChI=1S/C52H35NO/c1-3-14-36(15-4-1)37-26-30-43(31-27-37)53(49-35-41-18-7-8-21-45(41)46-22-9-10-23-47(46)49)44-32-28-38(29-33-44)40-19-13-20-42(34-40)52-51(39-16-5-2-6-17-39)48-24-11-12-25-50(48)54-52/h1-35H. The van der Waals surface area contributed by atoms with Crippen LogP contribution in [0.1, 0.15) is 0 Å². The van der Waals surface area contributed by atoms with E-state index in [0.717, 1.165) is 61.6 Å². The van der Waals surface area contributed by atoms with Crippen molar-refractivity contribution in [3.8, 4) is 44.7 Å². The fraction of sp³-hybridized carbons (Fsp3) is 0. The Morgan fingerprint density at radius 1 is 0.315 bits per heavy atom. The van der Waals surface area contributed by atoms with Crippen LogP contribution >= 0.6 is 0 Å². The molecule has 0 aliphatic carbocycles. The number of anilines is 3. The van der Waals surface area contributed by atoms with Crippen LogP contribution in [0.25, 0.3) is 77.2 Å². The fourth-order valence-corrected chi connectivity index (χ4v) is 7.86. The molecule has 2 nitrogen and oxygen atoms in total. The molecular formula is C52H35NO. The van der Waals surface area contributed by atoms with Gasteiger partial charge in [-0.2, -0.15) is 0 Å². The van der Waals surface area contributed by atoms with E-state index < -0.39 is 0 Å². The molecule has 0 aliphatic rings. The van der Waals surface area contributed by atoms with Crippen molar-refractivity contribution >= 4 is 49.6 Å². The van der Waals surface area contributed by atoms with Gasteiger partial charge in [0, 0.05) is 33.3 Å². The van der Waals surface area contributed by atoms with Crippen molar-refractivity contribution in [2.24, 2.45) is 0 Å². The van der Waals surface area contributed by atoms with Gasteiger partial charge >= 0.3 is 0 Å². The largest absolute Gasteiger partial charge is 0.455 e. The van der Waals surface area contributed by atoms with E-state index in [1.807, 2.05) is 12.1 Å². The molecule has 0 spiro atoms. The normalized spacial score (nSPS) is 11.3. The van der Waals surface area contributed by atoms with Crippen LogP contribution in [0.15, 0.2) is 217 Å². The Bertz CT molecular complexity index is 2910. The molecule has 0 unspecified atom stereocenters. The van der Waals surface area contributed by atoms with Crippen molar-refractivity contribution in [2.75, 3.05) is 4.90 Å². The number of furan rings is 1. The van der Waals surface area contributed by atoms with Crippen LogP contribution in [-0.2, 0) is 0 Å².